The third kappa shape index (κ3) is 4.64. The van der Waals surface area contributed by atoms with Crippen molar-refractivity contribution in [1.82, 2.24) is 5.32 Å². The molecule has 6 rings (SSSR count). The maximum absolute atomic E-state index is 14.3. The lowest BCUT2D eigenvalue weighted by atomic mass is 9.90. The molecule has 0 radical (unpaired) electrons. The minimum atomic E-state index is -4.86. The molecule has 0 aromatic heterocycles. The van der Waals surface area contributed by atoms with Gasteiger partial charge in [-0.15, -0.1) is 0 Å². The molecule has 1 atom stereocenters. The molecule has 3 aliphatic rings. The second kappa shape index (κ2) is 9.11. The summed E-state index contributed by atoms with van der Waals surface area (Å²) < 4.78 is 68.2. The van der Waals surface area contributed by atoms with Gasteiger partial charge in [0.2, 0.25) is 0 Å². The van der Waals surface area contributed by atoms with Gasteiger partial charge in [-0.1, -0.05) is 11.6 Å². The first kappa shape index (κ1) is 25.4. The zero-order chi connectivity index (χ0) is 27.6. The van der Waals surface area contributed by atoms with Gasteiger partial charge < -0.3 is 16.0 Å². The minimum absolute atomic E-state index is 0.164. The van der Waals surface area contributed by atoms with Gasteiger partial charge in [-0.3, -0.25) is 9.69 Å². The van der Waals surface area contributed by atoms with Gasteiger partial charge in [-0.25, -0.2) is 13.6 Å². The highest BCUT2D eigenvalue weighted by molar-refractivity contribution is 6.31. The average molecular weight is 563 g/mol. The van der Waals surface area contributed by atoms with E-state index in [1.807, 2.05) is 0 Å². The number of alkyl halides is 3. The van der Waals surface area contributed by atoms with E-state index in [1.165, 1.54) is 23.1 Å². The molecule has 0 bridgehead atoms. The van der Waals surface area contributed by atoms with Gasteiger partial charge in [-0.05, 0) is 61.7 Å². The third-order valence-electron chi connectivity index (χ3n) is 7.04. The van der Waals surface area contributed by atoms with Crippen molar-refractivity contribution in [3.05, 3.63) is 86.9 Å². The van der Waals surface area contributed by atoms with Crippen molar-refractivity contribution >= 4 is 40.6 Å². The lowest BCUT2D eigenvalue weighted by Gasteiger charge is -2.35. The van der Waals surface area contributed by atoms with E-state index in [4.69, 9.17) is 11.6 Å². The number of halogens is 6. The molecule has 1 fully saturated rings. The molecular formula is C27H20ClF5N4O2. The van der Waals surface area contributed by atoms with Crippen LogP contribution in [-0.4, -0.2) is 24.5 Å². The van der Waals surface area contributed by atoms with E-state index < -0.39 is 46.9 Å². The van der Waals surface area contributed by atoms with Crippen LogP contribution in [0.3, 0.4) is 0 Å². The fourth-order valence-corrected chi connectivity index (χ4v) is 5.35. The second-order valence-electron chi connectivity index (χ2n) is 9.76. The van der Waals surface area contributed by atoms with Crippen LogP contribution in [0.15, 0.2) is 42.5 Å². The maximum atomic E-state index is 14.3. The lowest BCUT2D eigenvalue weighted by Crippen LogP contribution is -2.46. The zero-order valence-electron chi connectivity index (χ0n) is 20.1. The van der Waals surface area contributed by atoms with Crippen LogP contribution in [0.4, 0.5) is 43.8 Å². The van der Waals surface area contributed by atoms with Crippen LogP contribution in [0.5, 0.6) is 0 Å². The maximum Gasteiger partial charge on any atom is 0.416 e. The average Bonchev–Trinajstić information content (AvgIpc) is 3.57. The van der Waals surface area contributed by atoms with E-state index in [0.717, 1.165) is 18.4 Å². The van der Waals surface area contributed by atoms with E-state index in [2.05, 4.69) is 16.0 Å². The highest BCUT2D eigenvalue weighted by atomic mass is 35.5. The highest BCUT2D eigenvalue weighted by Crippen LogP contribution is 2.50. The fraction of sp³-hybridized carbons (Fsp3) is 0.259. The Morgan fingerprint density at radius 2 is 1.79 bits per heavy atom. The Balaban J connectivity index is 1.51. The Labute approximate surface area is 224 Å². The van der Waals surface area contributed by atoms with Crippen molar-refractivity contribution in [1.29, 1.82) is 0 Å². The van der Waals surface area contributed by atoms with E-state index in [1.54, 1.807) is 6.07 Å². The Morgan fingerprint density at radius 1 is 1.03 bits per heavy atom. The number of hydrogen-bond acceptors (Lipinski definition) is 3. The van der Waals surface area contributed by atoms with E-state index in [-0.39, 0.29) is 22.3 Å². The largest absolute Gasteiger partial charge is 0.416 e. The molecule has 1 aliphatic carbocycles. The minimum Gasteiger partial charge on any atom is -0.382 e. The number of benzene rings is 3. The van der Waals surface area contributed by atoms with Gasteiger partial charge in [0.15, 0.2) is 0 Å². The standard InChI is InChI=1S/C27H20ClF5N4O2/c28-19-4-1-14(29)10-18(19)23-22-21(35-25(38)12-7-13(27(31,32)33)9-15(30)8-12)11-20(34-16-2-3-16)17-5-6-37(24(17)22)26(39)36-23/h1,4,7-11,16,23,34H,2-3,5-6H2,(H,35,38)(H,36,39). The molecule has 2 aliphatic heterocycles. The van der Waals surface area contributed by atoms with Crippen LogP contribution in [0, 0.1) is 11.6 Å². The van der Waals surface area contributed by atoms with Crippen molar-refractivity contribution in [2.75, 3.05) is 22.1 Å². The monoisotopic (exact) mass is 562 g/mol. The Hall–Kier alpha value is -3.86. The smallest absolute Gasteiger partial charge is 0.382 e. The van der Waals surface area contributed by atoms with Crippen molar-refractivity contribution in [3.8, 4) is 0 Å². The van der Waals surface area contributed by atoms with Gasteiger partial charge >= 0.3 is 12.2 Å². The van der Waals surface area contributed by atoms with Crippen LogP contribution in [0.25, 0.3) is 0 Å². The summed E-state index contributed by atoms with van der Waals surface area (Å²) in [6, 6.07) is 5.71. The molecule has 3 aromatic rings. The van der Waals surface area contributed by atoms with Gasteiger partial charge in [0.25, 0.3) is 5.91 Å². The van der Waals surface area contributed by atoms with E-state index >= 15 is 0 Å². The summed E-state index contributed by atoms with van der Waals surface area (Å²) in [7, 11) is 0. The summed E-state index contributed by atoms with van der Waals surface area (Å²) in [5.74, 6) is -2.80. The van der Waals surface area contributed by atoms with E-state index in [0.29, 0.717) is 48.1 Å². The predicted molar refractivity (Wildman–Crippen MR) is 135 cm³/mol. The van der Waals surface area contributed by atoms with Crippen LogP contribution in [0.2, 0.25) is 5.02 Å². The Bertz CT molecular complexity index is 1540. The summed E-state index contributed by atoms with van der Waals surface area (Å²) in [4.78, 5) is 27.8. The predicted octanol–water partition coefficient (Wildman–Crippen LogP) is 6.64. The molecule has 1 saturated carbocycles. The first-order valence-electron chi connectivity index (χ1n) is 12.2. The molecule has 6 nitrogen and oxygen atoms in total. The van der Waals surface area contributed by atoms with Crippen LogP contribution in [-0.2, 0) is 12.6 Å². The molecular weight excluding hydrogens is 543 g/mol. The number of urea groups is 1. The number of rotatable bonds is 5. The summed E-state index contributed by atoms with van der Waals surface area (Å²) in [6.07, 6.45) is -2.47. The first-order valence-corrected chi connectivity index (χ1v) is 12.6. The summed E-state index contributed by atoms with van der Waals surface area (Å²) in [6.45, 7) is 0.355. The molecule has 1 unspecified atom stereocenters. The van der Waals surface area contributed by atoms with Gasteiger partial charge in [-0.2, -0.15) is 13.2 Å². The Morgan fingerprint density at radius 3 is 2.51 bits per heavy atom. The molecule has 2 heterocycles. The molecule has 202 valence electrons. The van der Waals surface area contributed by atoms with Gasteiger partial charge in [0, 0.05) is 45.6 Å². The Kier molecular flexibility index (Phi) is 5.94. The summed E-state index contributed by atoms with van der Waals surface area (Å²) in [5.41, 5.74) is 0.970. The number of anilines is 3. The number of carbonyl (C=O) groups is 2. The second-order valence-corrected chi connectivity index (χ2v) is 10.2. The SMILES string of the molecule is O=C(Nc1cc(NC2CC2)c2c3c1C(c1cc(F)ccc1Cl)NC(=O)N3CC2)c1cc(F)cc(C(F)(F)F)c1. The normalized spacial score (nSPS) is 18.1. The molecule has 39 heavy (non-hydrogen) atoms. The number of nitrogens with one attached hydrogen (secondary N) is 3. The van der Waals surface area contributed by atoms with Crippen molar-refractivity contribution in [3.63, 3.8) is 0 Å². The van der Waals surface area contributed by atoms with Gasteiger partial charge in [0.05, 0.1) is 23.0 Å². The van der Waals surface area contributed by atoms with Crippen LogP contribution >= 0.6 is 11.6 Å². The molecule has 0 spiro atoms. The van der Waals surface area contributed by atoms with E-state index in [9.17, 15) is 31.5 Å². The molecule has 12 heteroatoms. The fourth-order valence-electron chi connectivity index (χ4n) is 5.12. The number of nitrogens with zero attached hydrogens (tertiary/aromatic N) is 1. The van der Waals surface area contributed by atoms with Crippen LogP contribution < -0.4 is 20.9 Å². The van der Waals surface area contributed by atoms with Crippen molar-refractivity contribution in [2.24, 2.45) is 0 Å². The number of amides is 3. The lowest BCUT2D eigenvalue weighted by molar-refractivity contribution is -0.137. The molecule has 3 N–H and O–H groups in total. The molecule has 0 saturated heterocycles. The number of carbonyl (C=O) groups excluding carboxylic acids is 2. The van der Waals surface area contributed by atoms with Crippen LogP contribution in [0.1, 0.15) is 51.5 Å². The molecule has 3 amide bonds. The summed E-state index contributed by atoms with van der Waals surface area (Å²) >= 11 is 6.40. The quantitative estimate of drug-likeness (QED) is 0.305. The van der Waals surface area contributed by atoms with Crippen molar-refractivity contribution in [2.45, 2.75) is 37.5 Å². The third-order valence-corrected chi connectivity index (χ3v) is 7.39. The topological polar surface area (TPSA) is 73.5 Å². The zero-order valence-corrected chi connectivity index (χ0v) is 20.8. The van der Waals surface area contributed by atoms with Crippen molar-refractivity contribution < 1.29 is 31.5 Å². The highest BCUT2D eigenvalue weighted by Gasteiger charge is 2.41. The summed E-state index contributed by atoms with van der Waals surface area (Å²) in [5, 5.41) is 8.99. The number of hydrogen-bond donors (Lipinski definition) is 3. The van der Waals surface area contributed by atoms with Gasteiger partial charge in [0.1, 0.15) is 11.6 Å². The molecule has 3 aromatic carbocycles. The first-order chi connectivity index (χ1) is 18.5.